The summed E-state index contributed by atoms with van der Waals surface area (Å²) in [6, 6.07) is 0. The molecular formula is C25H51NO4P+. The molecule has 0 aliphatic carbocycles. The van der Waals surface area contributed by atoms with Crippen molar-refractivity contribution in [3.8, 4) is 0 Å². The van der Waals surface area contributed by atoms with E-state index in [2.05, 4.69) is 31.2 Å². The quantitative estimate of drug-likeness (QED) is 0.0834. The fourth-order valence-corrected chi connectivity index (χ4v) is 4.85. The van der Waals surface area contributed by atoms with Crippen LogP contribution in [0.15, 0.2) is 24.3 Å². The second-order valence-corrected chi connectivity index (χ2v) is 11.9. The zero-order valence-electron chi connectivity index (χ0n) is 20.8. The molecule has 0 aromatic rings. The molecule has 0 amide bonds. The molecule has 0 radical (unpaired) electrons. The second-order valence-electron chi connectivity index (χ2n) is 10.0. The van der Waals surface area contributed by atoms with E-state index in [0.717, 1.165) is 38.5 Å². The highest BCUT2D eigenvalue weighted by Crippen LogP contribution is 2.52. The van der Waals surface area contributed by atoms with E-state index >= 15 is 0 Å². The van der Waals surface area contributed by atoms with Crippen LogP contribution >= 0.6 is 7.60 Å². The molecule has 184 valence electrons. The zero-order chi connectivity index (χ0) is 23.6. The molecule has 31 heavy (non-hydrogen) atoms. The number of unbranched alkanes of at least 4 members (excludes halogenated alkanes) is 11. The summed E-state index contributed by atoms with van der Waals surface area (Å²) < 4.78 is 12.1. The lowest BCUT2D eigenvalue weighted by Gasteiger charge is -2.35. The van der Waals surface area contributed by atoms with E-state index in [4.69, 9.17) is 0 Å². The van der Waals surface area contributed by atoms with Crippen molar-refractivity contribution in [1.82, 2.24) is 0 Å². The lowest BCUT2D eigenvalue weighted by Crippen LogP contribution is -2.49. The summed E-state index contributed by atoms with van der Waals surface area (Å²) in [5.74, 6) is 0. The topological polar surface area (TPSA) is 77.8 Å². The summed E-state index contributed by atoms with van der Waals surface area (Å²) in [7, 11) is 0.944. The van der Waals surface area contributed by atoms with Crippen LogP contribution in [0.25, 0.3) is 0 Å². The molecule has 0 spiro atoms. The molecule has 0 fully saturated rings. The first-order chi connectivity index (χ1) is 14.5. The highest BCUT2D eigenvalue weighted by molar-refractivity contribution is 7.53. The van der Waals surface area contributed by atoms with Crippen LogP contribution in [0, 0.1) is 0 Å². The molecule has 0 heterocycles. The minimum absolute atomic E-state index is 0.0498. The number of quaternary nitrogens is 1. The van der Waals surface area contributed by atoms with Crippen molar-refractivity contribution in [2.75, 3.05) is 27.7 Å². The van der Waals surface area contributed by atoms with Crippen LogP contribution in [-0.4, -0.2) is 52.4 Å². The van der Waals surface area contributed by atoms with Gasteiger partial charge in [-0.3, -0.25) is 4.57 Å². The summed E-state index contributed by atoms with van der Waals surface area (Å²) in [5.41, 5.74) is 0. The van der Waals surface area contributed by atoms with Crippen LogP contribution in [0.1, 0.15) is 103 Å². The summed E-state index contributed by atoms with van der Waals surface area (Å²) in [5, 5.41) is 8.60. The van der Waals surface area contributed by atoms with Gasteiger partial charge in [0.05, 0.1) is 21.1 Å². The molecule has 0 aromatic heterocycles. The average molecular weight is 461 g/mol. The maximum absolute atomic E-state index is 11.8. The van der Waals surface area contributed by atoms with Gasteiger partial charge in [-0.1, -0.05) is 69.8 Å². The Morgan fingerprint density at radius 3 is 1.55 bits per heavy atom. The molecule has 6 heteroatoms. The number of hydrogen-bond donors (Lipinski definition) is 3. The van der Waals surface area contributed by atoms with E-state index < -0.39 is 12.9 Å². The predicted molar refractivity (Wildman–Crippen MR) is 133 cm³/mol. The second kappa shape index (κ2) is 17.1. The predicted octanol–water partition coefficient (Wildman–Crippen LogP) is 6.54. The molecule has 1 atom stereocenters. The highest BCUT2D eigenvalue weighted by Gasteiger charge is 2.48. The molecule has 0 saturated heterocycles. The van der Waals surface area contributed by atoms with Crippen molar-refractivity contribution in [3.63, 3.8) is 0 Å². The number of allylic oxidation sites excluding steroid dienone is 4. The number of aliphatic hydroxyl groups is 1. The van der Waals surface area contributed by atoms with Gasteiger partial charge in [0.1, 0.15) is 6.54 Å². The smallest absolute Gasteiger partial charge is 0.362 e. The monoisotopic (exact) mass is 460 g/mol. The summed E-state index contributed by atoms with van der Waals surface area (Å²) in [6.45, 7) is 2.30. The van der Waals surface area contributed by atoms with Crippen molar-refractivity contribution < 1.29 is 23.9 Å². The Labute approximate surface area is 192 Å². The van der Waals surface area contributed by atoms with Gasteiger partial charge in [0, 0.05) is 0 Å². The fourth-order valence-electron chi connectivity index (χ4n) is 3.79. The van der Waals surface area contributed by atoms with E-state index in [9.17, 15) is 19.5 Å². The van der Waals surface area contributed by atoms with Gasteiger partial charge < -0.3 is 19.4 Å². The largest absolute Gasteiger partial charge is 0.373 e. The number of nitrogens with zero attached hydrogens (tertiary/aromatic N) is 1. The highest BCUT2D eigenvalue weighted by atomic mass is 31.2. The Morgan fingerprint density at radius 1 is 0.710 bits per heavy atom. The van der Waals surface area contributed by atoms with Gasteiger partial charge in [0.15, 0.2) is 0 Å². The third-order valence-corrected chi connectivity index (χ3v) is 6.97. The molecule has 3 N–H and O–H groups in total. The maximum Gasteiger partial charge on any atom is 0.362 e. The van der Waals surface area contributed by atoms with Gasteiger partial charge in [-0.05, 0) is 57.8 Å². The van der Waals surface area contributed by atoms with Crippen molar-refractivity contribution in [1.29, 1.82) is 0 Å². The molecule has 0 aliphatic rings. The van der Waals surface area contributed by atoms with Gasteiger partial charge in [-0.25, -0.2) is 0 Å². The number of hydrogen-bond acceptors (Lipinski definition) is 2. The molecule has 1 unspecified atom stereocenters. The molecule has 0 saturated carbocycles. The summed E-state index contributed by atoms with van der Waals surface area (Å²) >= 11 is 0. The minimum atomic E-state index is -4.55. The van der Waals surface area contributed by atoms with Crippen molar-refractivity contribution in [2.24, 2.45) is 0 Å². The molecule has 0 aromatic carbocycles. The standard InChI is InChI=1S/C25H50NO4P/c1-5-6-7-8-9-10-11-12-13-14-15-16-17-18-19-20-21-22-23-25(27,31(28,29)30)24-26(2,3)4/h11-12,16-17,27H,5-10,13-15,18-24H2,1-4H3,(H-,28,29,30)/p+1/b12-11-,17-16-. The Balaban J connectivity index is 3.73. The molecular weight excluding hydrogens is 409 g/mol. The average Bonchev–Trinajstić information content (AvgIpc) is 2.65. The summed E-state index contributed by atoms with van der Waals surface area (Å²) in [4.78, 5) is 19.2. The van der Waals surface area contributed by atoms with Gasteiger partial charge >= 0.3 is 7.60 Å². The zero-order valence-corrected chi connectivity index (χ0v) is 21.7. The lowest BCUT2D eigenvalue weighted by molar-refractivity contribution is -0.875. The minimum Gasteiger partial charge on any atom is -0.373 e. The van der Waals surface area contributed by atoms with Gasteiger partial charge in [0.2, 0.25) is 5.34 Å². The van der Waals surface area contributed by atoms with E-state index in [1.807, 2.05) is 21.1 Å². The van der Waals surface area contributed by atoms with Crippen LogP contribution in [0.2, 0.25) is 0 Å². The van der Waals surface area contributed by atoms with Crippen LogP contribution in [0.5, 0.6) is 0 Å². The first-order valence-electron chi connectivity index (χ1n) is 12.4. The van der Waals surface area contributed by atoms with Gasteiger partial charge in [0.25, 0.3) is 0 Å². The molecule has 5 nitrogen and oxygen atoms in total. The van der Waals surface area contributed by atoms with Crippen LogP contribution < -0.4 is 0 Å². The van der Waals surface area contributed by atoms with Crippen molar-refractivity contribution in [3.05, 3.63) is 24.3 Å². The van der Waals surface area contributed by atoms with E-state index in [1.165, 1.54) is 44.9 Å². The first-order valence-corrected chi connectivity index (χ1v) is 14.0. The fraction of sp³-hybridized carbons (Fsp3) is 0.840. The number of likely N-dealkylation sites (N-methyl/N-ethyl adjacent to an activating group) is 1. The van der Waals surface area contributed by atoms with E-state index in [1.54, 1.807) is 0 Å². The maximum atomic E-state index is 11.8. The first kappa shape index (κ1) is 30.6. The Hall–Kier alpha value is -0.450. The molecule has 0 aliphatic heterocycles. The third-order valence-electron chi connectivity index (χ3n) is 5.52. The van der Waals surface area contributed by atoms with Crippen LogP contribution in [0.3, 0.4) is 0 Å². The van der Waals surface area contributed by atoms with Crippen LogP contribution in [-0.2, 0) is 4.57 Å². The normalized spacial score (nSPS) is 15.2. The summed E-state index contributed by atoms with van der Waals surface area (Å²) in [6.07, 6.45) is 25.5. The van der Waals surface area contributed by atoms with Gasteiger partial charge in [-0.2, -0.15) is 0 Å². The SMILES string of the molecule is CCCCCCC/C=C\CCC/C=C\CCCCCCC(O)(C[N+](C)(C)C)P(=O)(O)O. The molecule has 0 bridgehead atoms. The Bertz CT molecular complexity index is 536. The van der Waals surface area contributed by atoms with E-state index in [0.29, 0.717) is 10.9 Å². The Kier molecular flexibility index (Phi) is 16.8. The van der Waals surface area contributed by atoms with Crippen molar-refractivity contribution >= 4 is 7.60 Å². The van der Waals surface area contributed by atoms with Gasteiger partial charge in [-0.15, -0.1) is 0 Å². The third kappa shape index (κ3) is 17.7. The van der Waals surface area contributed by atoms with Crippen molar-refractivity contribution in [2.45, 2.75) is 109 Å². The molecule has 0 rings (SSSR count). The lowest BCUT2D eigenvalue weighted by atomic mass is 10.1. The van der Waals surface area contributed by atoms with E-state index in [-0.39, 0.29) is 13.0 Å². The number of rotatable bonds is 20. The Morgan fingerprint density at radius 2 is 1.13 bits per heavy atom. The van der Waals surface area contributed by atoms with Crippen LogP contribution in [0.4, 0.5) is 0 Å².